The molecule has 1 aromatic heterocycles. The topological polar surface area (TPSA) is 59.1 Å². The maximum absolute atomic E-state index is 12.2. The number of carbonyl (C=O) groups excluding carboxylic acids is 2. The molecule has 1 heterocycles. The Morgan fingerprint density at radius 2 is 2.00 bits per heavy atom. The molecule has 108 valence electrons. The molecule has 1 saturated carbocycles. The largest absolute Gasteiger partial charge is 0.302 e. The molecule has 21 heavy (non-hydrogen) atoms. The van der Waals surface area contributed by atoms with Gasteiger partial charge in [-0.05, 0) is 24.8 Å². The van der Waals surface area contributed by atoms with Crippen molar-refractivity contribution in [3.05, 3.63) is 46.5 Å². The first-order chi connectivity index (χ1) is 10.1. The summed E-state index contributed by atoms with van der Waals surface area (Å²) in [6.07, 6.45) is 0.875. The van der Waals surface area contributed by atoms with Crippen LogP contribution in [0.3, 0.4) is 0 Å². The summed E-state index contributed by atoms with van der Waals surface area (Å²) in [5.41, 5.74) is 1.88. The van der Waals surface area contributed by atoms with Crippen LogP contribution >= 0.6 is 11.3 Å². The third kappa shape index (κ3) is 2.88. The first-order valence-corrected chi connectivity index (χ1v) is 7.72. The molecule has 0 bridgehead atoms. The molecule has 3 rings (SSSR count). The van der Waals surface area contributed by atoms with Crippen molar-refractivity contribution < 1.29 is 9.59 Å². The molecule has 0 spiro atoms. The van der Waals surface area contributed by atoms with E-state index in [4.69, 9.17) is 0 Å². The van der Waals surface area contributed by atoms with E-state index in [0.29, 0.717) is 21.6 Å². The molecule has 2 aromatic rings. The highest BCUT2D eigenvalue weighted by Crippen LogP contribution is 2.48. The van der Waals surface area contributed by atoms with Crippen LogP contribution in [0.25, 0.3) is 0 Å². The molecule has 1 aliphatic rings. The Labute approximate surface area is 127 Å². The third-order valence-electron chi connectivity index (χ3n) is 3.70. The predicted octanol–water partition coefficient (Wildman–Crippen LogP) is 3.40. The normalized spacial score (nSPS) is 20.1. The van der Waals surface area contributed by atoms with Crippen LogP contribution in [-0.4, -0.2) is 16.7 Å². The van der Waals surface area contributed by atoms with Crippen LogP contribution < -0.4 is 5.32 Å². The molecule has 0 radical (unpaired) electrons. The standard InChI is InChI=1S/C16H16N2O2S/c1-9-14(10(2)19)21-16(17-9)18-15(20)13-8-12(13)11-6-4-3-5-7-11/h3-7,12-13H,8H2,1-2H3,(H,17,18,20)/t12-,13+/m0/s1. The number of hydrogen-bond donors (Lipinski definition) is 1. The zero-order valence-corrected chi connectivity index (χ0v) is 12.7. The van der Waals surface area contributed by atoms with Crippen molar-refractivity contribution in [1.29, 1.82) is 0 Å². The number of anilines is 1. The first-order valence-electron chi connectivity index (χ1n) is 6.90. The highest BCUT2D eigenvalue weighted by molar-refractivity contribution is 7.17. The van der Waals surface area contributed by atoms with Crippen LogP contribution in [0.15, 0.2) is 30.3 Å². The quantitative estimate of drug-likeness (QED) is 0.880. The van der Waals surface area contributed by atoms with Crippen LogP contribution in [0.5, 0.6) is 0 Å². The molecule has 1 aromatic carbocycles. The van der Waals surface area contributed by atoms with Gasteiger partial charge in [-0.1, -0.05) is 41.7 Å². The van der Waals surface area contributed by atoms with Crippen LogP contribution in [0, 0.1) is 12.8 Å². The zero-order chi connectivity index (χ0) is 15.0. The number of Topliss-reactive ketones (excluding diaryl/α,β-unsaturated/α-hetero) is 1. The van der Waals surface area contributed by atoms with Crippen molar-refractivity contribution in [3.63, 3.8) is 0 Å². The summed E-state index contributed by atoms with van der Waals surface area (Å²) >= 11 is 1.25. The van der Waals surface area contributed by atoms with Gasteiger partial charge in [0.2, 0.25) is 5.91 Å². The molecule has 0 unspecified atom stereocenters. The van der Waals surface area contributed by atoms with Gasteiger partial charge < -0.3 is 5.32 Å². The van der Waals surface area contributed by atoms with E-state index < -0.39 is 0 Å². The number of hydrogen-bond acceptors (Lipinski definition) is 4. The molecule has 1 amide bonds. The van der Waals surface area contributed by atoms with Gasteiger partial charge in [0.1, 0.15) is 0 Å². The van der Waals surface area contributed by atoms with E-state index in [-0.39, 0.29) is 17.6 Å². The molecule has 1 aliphatic carbocycles. The number of rotatable bonds is 4. The molecule has 1 N–H and O–H groups in total. The first kappa shape index (κ1) is 13.9. The van der Waals surface area contributed by atoms with E-state index >= 15 is 0 Å². The van der Waals surface area contributed by atoms with Crippen molar-refractivity contribution >= 4 is 28.2 Å². The number of ketones is 1. The maximum Gasteiger partial charge on any atom is 0.229 e. The number of carbonyl (C=O) groups is 2. The van der Waals surface area contributed by atoms with Crippen LogP contribution in [-0.2, 0) is 4.79 Å². The lowest BCUT2D eigenvalue weighted by molar-refractivity contribution is -0.117. The number of aromatic nitrogens is 1. The predicted molar refractivity (Wildman–Crippen MR) is 82.8 cm³/mol. The Balaban J connectivity index is 1.66. The Kier molecular flexibility index (Phi) is 3.59. The van der Waals surface area contributed by atoms with Crippen molar-refractivity contribution in [2.45, 2.75) is 26.2 Å². The summed E-state index contributed by atoms with van der Waals surface area (Å²) in [5, 5.41) is 3.35. The molecule has 0 saturated heterocycles. The van der Waals surface area contributed by atoms with E-state index in [1.165, 1.54) is 23.8 Å². The van der Waals surface area contributed by atoms with Gasteiger partial charge in [0.05, 0.1) is 10.6 Å². The van der Waals surface area contributed by atoms with E-state index in [1.54, 1.807) is 6.92 Å². The second kappa shape index (κ2) is 5.41. The lowest BCUT2D eigenvalue weighted by atomic mass is 10.1. The van der Waals surface area contributed by atoms with Gasteiger partial charge in [0.15, 0.2) is 10.9 Å². The lowest BCUT2D eigenvalue weighted by Gasteiger charge is -2.01. The summed E-state index contributed by atoms with van der Waals surface area (Å²) in [6, 6.07) is 10.1. The molecular weight excluding hydrogens is 284 g/mol. The molecular formula is C16H16N2O2S. The molecule has 1 fully saturated rings. The van der Waals surface area contributed by atoms with Crippen molar-refractivity contribution in [2.24, 2.45) is 5.92 Å². The summed E-state index contributed by atoms with van der Waals surface area (Å²) in [7, 11) is 0. The number of nitrogens with one attached hydrogen (secondary N) is 1. The zero-order valence-electron chi connectivity index (χ0n) is 11.9. The van der Waals surface area contributed by atoms with Gasteiger partial charge in [-0.15, -0.1) is 0 Å². The average molecular weight is 300 g/mol. The van der Waals surface area contributed by atoms with E-state index in [9.17, 15) is 9.59 Å². The summed E-state index contributed by atoms with van der Waals surface area (Å²) in [5.74, 6) is 0.295. The van der Waals surface area contributed by atoms with Crippen LogP contribution in [0.1, 0.15) is 40.2 Å². The fourth-order valence-corrected chi connectivity index (χ4v) is 3.39. The SMILES string of the molecule is CC(=O)c1sc(NC(=O)[C@@H]2C[C@H]2c2ccccc2)nc1C. The molecule has 4 nitrogen and oxygen atoms in total. The smallest absolute Gasteiger partial charge is 0.229 e. The lowest BCUT2D eigenvalue weighted by Crippen LogP contribution is -2.14. The number of benzene rings is 1. The van der Waals surface area contributed by atoms with Gasteiger partial charge in [-0.3, -0.25) is 9.59 Å². The molecule has 0 aliphatic heterocycles. The molecule has 5 heteroatoms. The van der Waals surface area contributed by atoms with Crippen LogP contribution in [0.4, 0.5) is 5.13 Å². The van der Waals surface area contributed by atoms with Crippen molar-refractivity contribution in [2.75, 3.05) is 5.32 Å². The second-order valence-electron chi connectivity index (χ2n) is 5.34. The van der Waals surface area contributed by atoms with Gasteiger partial charge >= 0.3 is 0 Å². The Bertz CT molecular complexity index is 694. The Morgan fingerprint density at radius 3 is 2.62 bits per heavy atom. The van der Waals surface area contributed by atoms with Gasteiger partial charge in [0, 0.05) is 12.8 Å². The highest BCUT2D eigenvalue weighted by Gasteiger charge is 2.44. The summed E-state index contributed by atoms with van der Waals surface area (Å²) < 4.78 is 0. The van der Waals surface area contributed by atoms with Crippen molar-refractivity contribution in [1.82, 2.24) is 4.98 Å². The van der Waals surface area contributed by atoms with E-state index in [0.717, 1.165) is 6.42 Å². The fraction of sp³-hybridized carbons (Fsp3) is 0.312. The highest BCUT2D eigenvalue weighted by atomic mass is 32.1. The van der Waals surface area contributed by atoms with Gasteiger partial charge in [-0.25, -0.2) is 4.98 Å². The number of nitrogens with zero attached hydrogens (tertiary/aromatic N) is 1. The summed E-state index contributed by atoms with van der Waals surface area (Å²) in [6.45, 7) is 3.30. The van der Waals surface area contributed by atoms with Gasteiger partial charge in [-0.2, -0.15) is 0 Å². The monoisotopic (exact) mass is 300 g/mol. The minimum Gasteiger partial charge on any atom is -0.302 e. The van der Waals surface area contributed by atoms with Crippen molar-refractivity contribution in [3.8, 4) is 0 Å². The number of amides is 1. The Hall–Kier alpha value is -2.01. The minimum atomic E-state index is -0.0147. The minimum absolute atomic E-state index is 0.00675. The van der Waals surface area contributed by atoms with Gasteiger partial charge in [0.25, 0.3) is 0 Å². The second-order valence-corrected chi connectivity index (χ2v) is 6.34. The third-order valence-corrected chi connectivity index (χ3v) is 4.88. The fourth-order valence-electron chi connectivity index (χ4n) is 2.53. The maximum atomic E-state index is 12.2. The van der Waals surface area contributed by atoms with E-state index in [1.807, 2.05) is 18.2 Å². The number of aryl methyl sites for hydroxylation is 1. The molecule has 2 atom stereocenters. The Morgan fingerprint density at radius 1 is 1.29 bits per heavy atom. The van der Waals surface area contributed by atoms with Crippen LogP contribution in [0.2, 0.25) is 0 Å². The summed E-state index contributed by atoms with van der Waals surface area (Å²) in [4.78, 5) is 28.5. The number of thiazole rings is 1. The average Bonchev–Trinajstić information content (AvgIpc) is 3.18. The van der Waals surface area contributed by atoms with E-state index in [2.05, 4.69) is 22.4 Å².